The van der Waals surface area contributed by atoms with E-state index >= 15 is 0 Å². The van der Waals surface area contributed by atoms with Crippen molar-refractivity contribution in [2.75, 3.05) is 18.5 Å². The van der Waals surface area contributed by atoms with Crippen molar-refractivity contribution in [2.45, 2.75) is 13.8 Å². The number of amides is 2. The lowest BCUT2D eigenvalue weighted by molar-refractivity contribution is -0.115. The van der Waals surface area contributed by atoms with Gasteiger partial charge in [0.25, 0.3) is 5.91 Å². The third-order valence-corrected chi connectivity index (χ3v) is 4.01. The lowest BCUT2D eigenvalue weighted by Crippen LogP contribution is -2.32. The molecule has 3 aromatic rings. The standard InChI is InChI=1S/C22H24N4O3/c1-16(2)15-29-20-6-3-5-17(13-20)22(28)23-14-21(27)25-18-7-9-19(10-8-18)26-12-4-11-24-26/h3-13,16H,14-15H2,1-2H3,(H,23,28)(H,25,27). The van der Waals surface area contributed by atoms with Gasteiger partial charge in [-0.15, -0.1) is 0 Å². The van der Waals surface area contributed by atoms with E-state index in [9.17, 15) is 9.59 Å². The molecule has 2 N–H and O–H groups in total. The quantitative estimate of drug-likeness (QED) is 0.616. The van der Waals surface area contributed by atoms with Gasteiger partial charge >= 0.3 is 0 Å². The van der Waals surface area contributed by atoms with Crippen LogP contribution in [0.2, 0.25) is 0 Å². The monoisotopic (exact) mass is 392 g/mol. The fourth-order valence-corrected chi connectivity index (χ4v) is 2.58. The van der Waals surface area contributed by atoms with E-state index in [1.54, 1.807) is 47.3 Å². The fourth-order valence-electron chi connectivity index (χ4n) is 2.58. The molecule has 0 spiro atoms. The molecule has 3 rings (SSSR count). The Morgan fingerprint density at radius 2 is 1.90 bits per heavy atom. The van der Waals surface area contributed by atoms with E-state index in [2.05, 4.69) is 29.6 Å². The minimum Gasteiger partial charge on any atom is -0.493 e. The van der Waals surface area contributed by atoms with E-state index in [0.717, 1.165) is 5.69 Å². The van der Waals surface area contributed by atoms with Crippen LogP contribution < -0.4 is 15.4 Å². The molecule has 2 amide bonds. The molecule has 0 saturated carbocycles. The maximum absolute atomic E-state index is 12.3. The summed E-state index contributed by atoms with van der Waals surface area (Å²) in [5.41, 5.74) is 1.98. The lowest BCUT2D eigenvalue weighted by atomic mass is 10.2. The maximum Gasteiger partial charge on any atom is 0.251 e. The van der Waals surface area contributed by atoms with Gasteiger partial charge in [-0.25, -0.2) is 4.68 Å². The highest BCUT2D eigenvalue weighted by Gasteiger charge is 2.10. The van der Waals surface area contributed by atoms with E-state index in [4.69, 9.17) is 4.74 Å². The van der Waals surface area contributed by atoms with Gasteiger partial charge in [-0.3, -0.25) is 9.59 Å². The summed E-state index contributed by atoms with van der Waals surface area (Å²) < 4.78 is 7.36. The van der Waals surface area contributed by atoms with Crippen molar-refractivity contribution in [3.8, 4) is 11.4 Å². The van der Waals surface area contributed by atoms with Crippen molar-refractivity contribution in [1.82, 2.24) is 15.1 Å². The van der Waals surface area contributed by atoms with Gasteiger partial charge < -0.3 is 15.4 Å². The Balaban J connectivity index is 1.50. The van der Waals surface area contributed by atoms with Gasteiger partial charge in [0.1, 0.15) is 5.75 Å². The van der Waals surface area contributed by atoms with Crippen molar-refractivity contribution in [3.63, 3.8) is 0 Å². The van der Waals surface area contributed by atoms with Crippen LogP contribution in [0.4, 0.5) is 5.69 Å². The van der Waals surface area contributed by atoms with E-state index in [1.807, 2.05) is 24.4 Å². The molecule has 0 radical (unpaired) electrons. The maximum atomic E-state index is 12.3. The molecule has 7 nitrogen and oxygen atoms in total. The molecule has 1 aromatic heterocycles. The number of hydrogen-bond donors (Lipinski definition) is 2. The zero-order valence-corrected chi connectivity index (χ0v) is 16.5. The molecular weight excluding hydrogens is 368 g/mol. The average Bonchev–Trinajstić information content (AvgIpc) is 3.26. The van der Waals surface area contributed by atoms with Crippen molar-refractivity contribution >= 4 is 17.5 Å². The largest absolute Gasteiger partial charge is 0.493 e. The predicted molar refractivity (Wildman–Crippen MR) is 111 cm³/mol. The molecule has 0 atom stereocenters. The molecule has 0 aliphatic rings. The Bertz CT molecular complexity index is 950. The second-order valence-electron chi connectivity index (χ2n) is 6.96. The van der Waals surface area contributed by atoms with Crippen LogP contribution in [0.1, 0.15) is 24.2 Å². The molecule has 0 fully saturated rings. The first-order chi connectivity index (χ1) is 14.0. The minimum absolute atomic E-state index is 0.128. The summed E-state index contributed by atoms with van der Waals surface area (Å²) >= 11 is 0. The molecule has 2 aromatic carbocycles. The van der Waals surface area contributed by atoms with Gasteiger partial charge in [-0.05, 0) is 54.4 Å². The molecule has 0 unspecified atom stereocenters. The highest BCUT2D eigenvalue weighted by atomic mass is 16.5. The Labute approximate surface area is 169 Å². The summed E-state index contributed by atoms with van der Waals surface area (Å²) in [6.07, 6.45) is 3.54. The van der Waals surface area contributed by atoms with Crippen LogP contribution in [-0.4, -0.2) is 34.7 Å². The summed E-state index contributed by atoms with van der Waals surface area (Å²) in [4.78, 5) is 24.4. The summed E-state index contributed by atoms with van der Waals surface area (Å²) in [5.74, 6) is 0.388. The fraction of sp³-hybridized carbons (Fsp3) is 0.227. The van der Waals surface area contributed by atoms with E-state index < -0.39 is 0 Å². The zero-order chi connectivity index (χ0) is 20.6. The van der Waals surface area contributed by atoms with Gasteiger partial charge in [0.15, 0.2) is 0 Å². The van der Waals surface area contributed by atoms with Crippen molar-refractivity contribution in [1.29, 1.82) is 0 Å². The Hall–Kier alpha value is -3.61. The van der Waals surface area contributed by atoms with Gasteiger partial charge in [-0.2, -0.15) is 5.10 Å². The zero-order valence-electron chi connectivity index (χ0n) is 16.5. The van der Waals surface area contributed by atoms with Crippen molar-refractivity contribution in [3.05, 3.63) is 72.6 Å². The molecule has 7 heteroatoms. The predicted octanol–water partition coefficient (Wildman–Crippen LogP) is 3.28. The highest BCUT2D eigenvalue weighted by Crippen LogP contribution is 2.15. The molecule has 0 aliphatic heterocycles. The number of aromatic nitrogens is 2. The summed E-state index contributed by atoms with van der Waals surface area (Å²) in [5, 5.41) is 9.54. The minimum atomic E-state index is -0.329. The van der Waals surface area contributed by atoms with Gasteiger partial charge in [0.2, 0.25) is 5.91 Å². The van der Waals surface area contributed by atoms with E-state index in [-0.39, 0.29) is 18.4 Å². The molecule has 1 heterocycles. The van der Waals surface area contributed by atoms with Crippen LogP contribution >= 0.6 is 0 Å². The van der Waals surface area contributed by atoms with Crippen LogP contribution in [0.25, 0.3) is 5.69 Å². The molecule has 0 bridgehead atoms. The molecule has 150 valence electrons. The number of carbonyl (C=O) groups is 2. The lowest BCUT2D eigenvalue weighted by Gasteiger charge is -2.10. The first-order valence-electron chi connectivity index (χ1n) is 9.42. The van der Waals surface area contributed by atoms with E-state index in [1.165, 1.54) is 0 Å². The number of hydrogen-bond acceptors (Lipinski definition) is 4. The number of carbonyl (C=O) groups excluding carboxylic acids is 2. The molecule has 29 heavy (non-hydrogen) atoms. The second kappa shape index (κ2) is 9.54. The van der Waals surface area contributed by atoms with Crippen molar-refractivity contribution < 1.29 is 14.3 Å². The Kier molecular flexibility index (Phi) is 6.63. The number of benzene rings is 2. The van der Waals surface area contributed by atoms with Crippen LogP contribution in [0.5, 0.6) is 5.75 Å². The Morgan fingerprint density at radius 3 is 2.59 bits per heavy atom. The van der Waals surface area contributed by atoms with Crippen LogP contribution in [-0.2, 0) is 4.79 Å². The van der Waals surface area contributed by atoms with Gasteiger partial charge in [0.05, 0.1) is 18.8 Å². The third-order valence-electron chi connectivity index (χ3n) is 4.01. The van der Waals surface area contributed by atoms with E-state index in [0.29, 0.717) is 29.5 Å². The average molecular weight is 392 g/mol. The normalized spacial score (nSPS) is 10.6. The first-order valence-corrected chi connectivity index (χ1v) is 9.42. The van der Waals surface area contributed by atoms with Gasteiger partial charge in [-0.1, -0.05) is 19.9 Å². The topological polar surface area (TPSA) is 85.2 Å². The van der Waals surface area contributed by atoms with Crippen LogP contribution in [0.15, 0.2) is 67.0 Å². The number of ether oxygens (including phenoxy) is 1. The number of rotatable bonds is 8. The van der Waals surface area contributed by atoms with Crippen LogP contribution in [0, 0.1) is 5.92 Å². The number of nitrogens with zero attached hydrogens (tertiary/aromatic N) is 2. The summed E-state index contributed by atoms with van der Waals surface area (Å²) in [6, 6.07) is 16.0. The third kappa shape index (κ3) is 5.93. The highest BCUT2D eigenvalue weighted by molar-refractivity contribution is 5.99. The second-order valence-corrected chi connectivity index (χ2v) is 6.96. The molecular formula is C22H24N4O3. The Morgan fingerprint density at radius 1 is 1.10 bits per heavy atom. The summed E-state index contributed by atoms with van der Waals surface area (Å²) in [7, 11) is 0. The van der Waals surface area contributed by atoms with Crippen LogP contribution in [0.3, 0.4) is 0 Å². The molecule has 0 aliphatic carbocycles. The summed E-state index contributed by atoms with van der Waals surface area (Å²) in [6.45, 7) is 4.56. The smallest absolute Gasteiger partial charge is 0.251 e. The first kappa shape index (κ1) is 20.1. The van der Waals surface area contributed by atoms with Gasteiger partial charge in [0, 0.05) is 23.6 Å². The number of nitrogens with one attached hydrogen (secondary N) is 2. The number of anilines is 1. The SMILES string of the molecule is CC(C)COc1cccc(C(=O)NCC(=O)Nc2ccc(-n3cccn3)cc2)c1. The van der Waals surface area contributed by atoms with Crippen molar-refractivity contribution in [2.24, 2.45) is 5.92 Å². The molecule has 0 saturated heterocycles.